The molecule has 2 heterocycles. The van der Waals surface area contributed by atoms with Crippen LogP contribution in [0.2, 0.25) is 0 Å². The molecule has 18 heavy (non-hydrogen) atoms. The highest BCUT2D eigenvalue weighted by atomic mass is 16.4. The van der Waals surface area contributed by atoms with Gasteiger partial charge < -0.3 is 10.4 Å². The fourth-order valence-corrected chi connectivity index (χ4v) is 3.08. The summed E-state index contributed by atoms with van der Waals surface area (Å²) in [5.41, 5.74) is 0. The monoisotopic (exact) mass is 254 g/mol. The van der Waals surface area contributed by atoms with Gasteiger partial charge in [0.2, 0.25) is 5.91 Å². The normalized spacial score (nSPS) is 34.7. The summed E-state index contributed by atoms with van der Waals surface area (Å²) >= 11 is 0. The molecule has 3 atom stereocenters. The molecule has 1 amide bonds. The molecule has 2 aliphatic heterocycles. The van der Waals surface area contributed by atoms with E-state index in [0.717, 1.165) is 32.4 Å². The first-order chi connectivity index (χ1) is 8.58. The molecular formula is C13H22N2O3. The second kappa shape index (κ2) is 5.69. The van der Waals surface area contributed by atoms with E-state index in [-0.39, 0.29) is 11.9 Å². The highest BCUT2D eigenvalue weighted by Crippen LogP contribution is 2.27. The summed E-state index contributed by atoms with van der Waals surface area (Å²) in [6.45, 7) is 3.63. The number of carbonyl (C=O) groups is 2. The van der Waals surface area contributed by atoms with Crippen molar-refractivity contribution in [3.63, 3.8) is 0 Å². The standard InChI is InChI=1S/C13H22N2O3/c1-9-4-6-15(11(7-9)13(17)18)10-3-2-5-14-12(16)8-10/h9-11H,2-8H2,1H3,(H,14,16)(H,17,18). The Labute approximate surface area is 108 Å². The Morgan fingerprint density at radius 3 is 2.94 bits per heavy atom. The van der Waals surface area contributed by atoms with Gasteiger partial charge >= 0.3 is 5.97 Å². The van der Waals surface area contributed by atoms with Crippen molar-refractivity contribution in [2.75, 3.05) is 13.1 Å². The zero-order valence-corrected chi connectivity index (χ0v) is 10.9. The van der Waals surface area contributed by atoms with Crippen molar-refractivity contribution in [1.82, 2.24) is 10.2 Å². The van der Waals surface area contributed by atoms with Crippen LogP contribution in [-0.2, 0) is 9.59 Å². The van der Waals surface area contributed by atoms with Crippen LogP contribution in [0.3, 0.4) is 0 Å². The zero-order valence-electron chi connectivity index (χ0n) is 10.9. The molecule has 0 aromatic carbocycles. The van der Waals surface area contributed by atoms with Crippen molar-refractivity contribution >= 4 is 11.9 Å². The molecule has 5 heteroatoms. The maximum atomic E-state index is 11.6. The second-order valence-electron chi connectivity index (χ2n) is 5.57. The summed E-state index contributed by atoms with van der Waals surface area (Å²) in [4.78, 5) is 25.0. The van der Waals surface area contributed by atoms with E-state index in [0.29, 0.717) is 18.8 Å². The summed E-state index contributed by atoms with van der Waals surface area (Å²) in [7, 11) is 0. The van der Waals surface area contributed by atoms with E-state index in [1.165, 1.54) is 0 Å². The summed E-state index contributed by atoms with van der Waals surface area (Å²) in [5, 5.41) is 12.2. The van der Waals surface area contributed by atoms with E-state index in [1.54, 1.807) is 0 Å². The molecular weight excluding hydrogens is 232 g/mol. The zero-order chi connectivity index (χ0) is 13.1. The number of carboxylic acid groups (broad SMARTS) is 1. The van der Waals surface area contributed by atoms with Gasteiger partial charge in [-0.3, -0.25) is 14.5 Å². The third-order valence-electron chi connectivity index (χ3n) is 4.12. The molecule has 0 radical (unpaired) electrons. The molecule has 2 aliphatic rings. The van der Waals surface area contributed by atoms with E-state index in [1.807, 2.05) is 4.90 Å². The van der Waals surface area contributed by atoms with Gasteiger partial charge in [0.15, 0.2) is 0 Å². The average molecular weight is 254 g/mol. The molecule has 0 aromatic rings. The number of aliphatic carboxylic acids is 1. The Balaban J connectivity index is 2.08. The van der Waals surface area contributed by atoms with E-state index in [4.69, 9.17) is 0 Å². The number of carboxylic acids is 1. The molecule has 2 N–H and O–H groups in total. The lowest BCUT2D eigenvalue weighted by Crippen LogP contribution is -2.52. The number of likely N-dealkylation sites (tertiary alicyclic amines) is 1. The van der Waals surface area contributed by atoms with Gasteiger partial charge in [0.1, 0.15) is 6.04 Å². The highest BCUT2D eigenvalue weighted by molar-refractivity contribution is 5.77. The second-order valence-corrected chi connectivity index (χ2v) is 5.57. The van der Waals surface area contributed by atoms with Crippen LogP contribution in [0.5, 0.6) is 0 Å². The predicted molar refractivity (Wildman–Crippen MR) is 67.2 cm³/mol. The van der Waals surface area contributed by atoms with Gasteiger partial charge in [-0.15, -0.1) is 0 Å². The Bertz CT molecular complexity index is 332. The van der Waals surface area contributed by atoms with Crippen LogP contribution in [0.25, 0.3) is 0 Å². The maximum Gasteiger partial charge on any atom is 0.320 e. The van der Waals surface area contributed by atoms with Crippen LogP contribution in [0.4, 0.5) is 0 Å². The van der Waals surface area contributed by atoms with Gasteiger partial charge in [0.05, 0.1) is 0 Å². The number of hydrogen-bond donors (Lipinski definition) is 2. The molecule has 2 fully saturated rings. The number of piperidine rings is 1. The Morgan fingerprint density at radius 2 is 2.22 bits per heavy atom. The van der Waals surface area contributed by atoms with E-state index in [2.05, 4.69) is 12.2 Å². The predicted octanol–water partition coefficient (Wildman–Crippen LogP) is 0.840. The van der Waals surface area contributed by atoms with Gasteiger partial charge in [-0.05, 0) is 38.1 Å². The lowest BCUT2D eigenvalue weighted by atomic mass is 9.90. The molecule has 3 unspecified atom stereocenters. The largest absolute Gasteiger partial charge is 0.480 e. The van der Waals surface area contributed by atoms with Gasteiger partial charge in [-0.25, -0.2) is 0 Å². The number of nitrogens with one attached hydrogen (secondary N) is 1. The number of hydrogen-bond acceptors (Lipinski definition) is 3. The first-order valence-electron chi connectivity index (χ1n) is 6.83. The quantitative estimate of drug-likeness (QED) is 0.766. The first-order valence-corrected chi connectivity index (χ1v) is 6.83. The molecule has 102 valence electrons. The summed E-state index contributed by atoms with van der Waals surface area (Å²) in [6.07, 6.45) is 4.03. The highest BCUT2D eigenvalue weighted by Gasteiger charge is 2.36. The molecule has 0 bridgehead atoms. The number of rotatable bonds is 2. The van der Waals surface area contributed by atoms with Crippen molar-refractivity contribution in [3.05, 3.63) is 0 Å². The third-order valence-corrected chi connectivity index (χ3v) is 4.12. The van der Waals surface area contributed by atoms with E-state index in [9.17, 15) is 14.7 Å². The van der Waals surface area contributed by atoms with Crippen molar-refractivity contribution < 1.29 is 14.7 Å². The fourth-order valence-electron chi connectivity index (χ4n) is 3.08. The Morgan fingerprint density at radius 1 is 1.44 bits per heavy atom. The van der Waals surface area contributed by atoms with Crippen LogP contribution >= 0.6 is 0 Å². The van der Waals surface area contributed by atoms with E-state index >= 15 is 0 Å². The fraction of sp³-hybridized carbons (Fsp3) is 0.846. The number of amides is 1. The molecule has 0 aromatic heterocycles. The van der Waals surface area contributed by atoms with Crippen LogP contribution in [0, 0.1) is 5.92 Å². The lowest BCUT2D eigenvalue weighted by Gasteiger charge is -2.40. The van der Waals surface area contributed by atoms with Crippen molar-refractivity contribution in [2.24, 2.45) is 5.92 Å². The van der Waals surface area contributed by atoms with Gasteiger partial charge in [-0.1, -0.05) is 6.92 Å². The smallest absolute Gasteiger partial charge is 0.320 e. The van der Waals surface area contributed by atoms with Crippen LogP contribution < -0.4 is 5.32 Å². The number of nitrogens with zero attached hydrogens (tertiary/aromatic N) is 1. The topological polar surface area (TPSA) is 69.6 Å². The third kappa shape index (κ3) is 3.02. The molecule has 5 nitrogen and oxygen atoms in total. The Hall–Kier alpha value is -1.10. The van der Waals surface area contributed by atoms with Crippen LogP contribution in [0.1, 0.15) is 39.0 Å². The molecule has 0 saturated carbocycles. The van der Waals surface area contributed by atoms with Gasteiger partial charge in [-0.2, -0.15) is 0 Å². The SMILES string of the molecule is CC1CCN(C2CCCNC(=O)C2)C(C(=O)O)C1. The lowest BCUT2D eigenvalue weighted by molar-refractivity contribution is -0.147. The van der Waals surface area contributed by atoms with Crippen LogP contribution in [0.15, 0.2) is 0 Å². The minimum absolute atomic E-state index is 0.0558. The van der Waals surface area contributed by atoms with E-state index < -0.39 is 12.0 Å². The van der Waals surface area contributed by atoms with Gasteiger partial charge in [0.25, 0.3) is 0 Å². The maximum absolute atomic E-state index is 11.6. The van der Waals surface area contributed by atoms with Crippen molar-refractivity contribution in [1.29, 1.82) is 0 Å². The summed E-state index contributed by atoms with van der Waals surface area (Å²) < 4.78 is 0. The molecule has 2 rings (SSSR count). The first kappa shape index (κ1) is 13.3. The minimum atomic E-state index is -0.744. The van der Waals surface area contributed by atoms with Gasteiger partial charge in [0, 0.05) is 19.0 Å². The van der Waals surface area contributed by atoms with Crippen molar-refractivity contribution in [2.45, 2.75) is 51.1 Å². The molecule has 0 spiro atoms. The Kier molecular flexibility index (Phi) is 4.22. The van der Waals surface area contributed by atoms with Crippen LogP contribution in [-0.4, -0.2) is 47.1 Å². The average Bonchev–Trinajstić information content (AvgIpc) is 2.53. The molecule has 0 aliphatic carbocycles. The summed E-state index contributed by atoms with van der Waals surface area (Å²) in [5.74, 6) is -0.228. The minimum Gasteiger partial charge on any atom is -0.480 e. The number of carbonyl (C=O) groups excluding carboxylic acids is 1. The molecule has 2 saturated heterocycles. The van der Waals surface area contributed by atoms with Crippen molar-refractivity contribution in [3.8, 4) is 0 Å². The summed E-state index contributed by atoms with van der Waals surface area (Å²) in [6, 6.07) is -0.314.